The van der Waals surface area contributed by atoms with Crippen molar-refractivity contribution in [3.8, 4) is 0 Å². The number of hydrogen-bond acceptors (Lipinski definition) is 7. The number of hydrogen-bond donors (Lipinski definition) is 1. The molecule has 0 spiro atoms. The van der Waals surface area contributed by atoms with E-state index in [1.54, 1.807) is 0 Å². The van der Waals surface area contributed by atoms with Crippen LogP contribution in [0.2, 0.25) is 0 Å². The van der Waals surface area contributed by atoms with Gasteiger partial charge in [-0.1, -0.05) is 205 Å². The van der Waals surface area contributed by atoms with Gasteiger partial charge < -0.3 is 28.5 Å². The van der Waals surface area contributed by atoms with Gasteiger partial charge in [0.1, 0.15) is 19.3 Å². The Kier molecular flexibility index (Phi) is 43.4. The number of phosphoric ester groups is 1. The first-order valence-electron chi connectivity index (χ1n) is 26.4. The molecule has 10 heteroatoms. The van der Waals surface area contributed by atoms with Crippen LogP contribution >= 0.6 is 7.82 Å². The first-order chi connectivity index (χ1) is 30.9. The van der Waals surface area contributed by atoms with Crippen LogP contribution in [0, 0.1) is 0 Å². The van der Waals surface area contributed by atoms with E-state index in [0.717, 1.165) is 83.5 Å². The van der Waals surface area contributed by atoms with Crippen molar-refractivity contribution in [2.45, 2.75) is 245 Å². The molecule has 0 aliphatic rings. The second-order valence-corrected chi connectivity index (χ2v) is 20.4. The van der Waals surface area contributed by atoms with E-state index in [-0.39, 0.29) is 24.9 Å². The Morgan fingerprint density at radius 1 is 0.562 bits per heavy atom. The molecule has 3 unspecified atom stereocenters. The first-order valence-corrected chi connectivity index (χ1v) is 27.9. The second-order valence-electron chi connectivity index (χ2n) is 19.0. The van der Waals surface area contributed by atoms with Gasteiger partial charge in [-0.3, -0.25) is 14.2 Å². The van der Waals surface area contributed by atoms with Crippen LogP contribution in [0.5, 0.6) is 0 Å². The molecule has 1 amide bonds. The number of phosphoric acid groups is 1. The van der Waals surface area contributed by atoms with Gasteiger partial charge in [0.25, 0.3) is 7.82 Å². The third-order valence-corrected chi connectivity index (χ3v) is 12.5. The number of quaternary nitrogens is 1. The standard InChI is InChI=1S/C54H101N2O7P/c1-7-10-13-16-19-22-25-27-29-32-35-38-41-44-47-54(58)63-52(45-42-39-36-33-31-28-26-23-20-17-14-11-8-2)51(50-62-64(59,60)61-49-48-56(4,5)6)55-53(57)46-43-40-37-34-30-24-21-18-15-12-9-3/h10,13,19,22,27,29,42,45,51-52H,7-9,11-12,14-18,20-21,23-26,28,30-41,43-44,46-50H2,1-6H3,(H-,55,57,59,60)/b13-10+,22-19+,29-27+,45-42+. The number of carbonyl (C=O) groups is 2. The van der Waals surface area contributed by atoms with E-state index in [1.165, 1.54) is 109 Å². The highest BCUT2D eigenvalue weighted by molar-refractivity contribution is 7.45. The minimum absolute atomic E-state index is 0.0255. The molecule has 0 radical (unpaired) electrons. The molecule has 0 aromatic carbocycles. The molecule has 9 nitrogen and oxygen atoms in total. The fraction of sp³-hybridized carbons (Fsp3) is 0.815. The third kappa shape index (κ3) is 45.1. The monoisotopic (exact) mass is 921 g/mol. The molecule has 0 heterocycles. The molecule has 0 aromatic heterocycles. The summed E-state index contributed by atoms with van der Waals surface area (Å²) in [5, 5.41) is 3.00. The van der Waals surface area contributed by atoms with Gasteiger partial charge in [0.15, 0.2) is 0 Å². The van der Waals surface area contributed by atoms with Gasteiger partial charge in [-0.15, -0.1) is 0 Å². The zero-order chi connectivity index (χ0) is 47.3. The Balaban J connectivity index is 5.47. The van der Waals surface area contributed by atoms with Crippen LogP contribution in [-0.4, -0.2) is 69.4 Å². The molecule has 3 atom stereocenters. The molecule has 0 fully saturated rings. The Bertz CT molecular complexity index is 1240. The summed E-state index contributed by atoms with van der Waals surface area (Å²) in [4.78, 5) is 39.6. The number of amides is 1. The predicted molar refractivity (Wildman–Crippen MR) is 270 cm³/mol. The summed E-state index contributed by atoms with van der Waals surface area (Å²) in [6, 6.07) is -0.892. The maximum atomic E-state index is 13.4. The predicted octanol–water partition coefficient (Wildman–Crippen LogP) is 14.7. The summed E-state index contributed by atoms with van der Waals surface area (Å²) < 4.78 is 30.1. The zero-order valence-corrected chi connectivity index (χ0v) is 43.4. The van der Waals surface area contributed by atoms with E-state index < -0.39 is 26.6 Å². The van der Waals surface area contributed by atoms with Gasteiger partial charge in [0.2, 0.25) is 5.91 Å². The Hall–Kier alpha value is -2.03. The minimum atomic E-state index is -4.69. The van der Waals surface area contributed by atoms with E-state index in [0.29, 0.717) is 23.9 Å². The van der Waals surface area contributed by atoms with Gasteiger partial charge in [0.05, 0.1) is 33.8 Å². The van der Waals surface area contributed by atoms with Crippen molar-refractivity contribution in [3.63, 3.8) is 0 Å². The van der Waals surface area contributed by atoms with Crippen molar-refractivity contribution in [2.75, 3.05) is 40.9 Å². The maximum absolute atomic E-state index is 13.4. The molecule has 0 saturated carbocycles. The summed E-state index contributed by atoms with van der Waals surface area (Å²) in [5.74, 6) is -0.566. The number of ether oxygens (including phenoxy) is 1. The van der Waals surface area contributed by atoms with E-state index in [2.05, 4.69) is 62.5 Å². The molecule has 1 N–H and O–H groups in total. The number of allylic oxidation sites excluding steroid dienone is 7. The van der Waals surface area contributed by atoms with Crippen LogP contribution in [0.4, 0.5) is 0 Å². The Morgan fingerprint density at radius 2 is 1.00 bits per heavy atom. The molecule has 64 heavy (non-hydrogen) atoms. The maximum Gasteiger partial charge on any atom is 0.306 e. The topological polar surface area (TPSA) is 114 Å². The smallest absolute Gasteiger partial charge is 0.306 e. The highest BCUT2D eigenvalue weighted by Crippen LogP contribution is 2.38. The number of rotatable bonds is 47. The summed E-state index contributed by atoms with van der Waals surface area (Å²) in [7, 11) is 1.17. The third-order valence-electron chi connectivity index (χ3n) is 11.5. The number of nitrogens with one attached hydrogen (secondary N) is 1. The van der Waals surface area contributed by atoms with Crippen molar-refractivity contribution in [1.82, 2.24) is 5.32 Å². The highest BCUT2D eigenvalue weighted by Gasteiger charge is 2.27. The number of unbranched alkanes of at least 4 members (excludes halogenated alkanes) is 25. The van der Waals surface area contributed by atoms with Crippen LogP contribution in [0.3, 0.4) is 0 Å². The van der Waals surface area contributed by atoms with Crippen LogP contribution in [0.1, 0.15) is 233 Å². The lowest BCUT2D eigenvalue weighted by Crippen LogP contribution is -2.47. The van der Waals surface area contributed by atoms with Crippen LogP contribution in [-0.2, 0) is 27.9 Å². The fourth-order valence-electron chi connectivity index (χ4n) is 7.42. The minimum Gasteiger partial charge on any atom is -0.756 e. The molecule has 0 aliphatic carbocycles. The van der Waals surface area contributed by atoms with Crippen LogP contribution < -0.4 is 10.2 Å². The van der Waals surface area contributed by atoms with Crippen molar-refractivity contribution in [1.29, 1.82) is 0 Å². The quantitative estimate of drug-likeness (QED) is 0.0213. The van der Waals surface area contributed by atoms with Crippen molar-refractivity contribution in [3.05, 3.63) is 48.6 Å². The molecule has 374 valence electrons. The van der Waals surface area contributed by atoms with E-state index in [9.17, 15) is 19.0 Å². The highest BCUT2D eigenvalue weighted by atomic mass is 31.2. The number of carbonyl (C=O) groups excluding carboxylic acids is 2. The van der Waals surface area contributed by atoms with Crippen LogP contribution in [0.15, 0.2) is 48.6 Å². The van der Waals surface area contributed by atoms with Gasteiger partial charge in [-0.25, -0.2) is 0 Å². The summed E-state index contributed by atoms with van der Waals surface area (Å²) in [5.41, 5.74) is 0. The lowest BCUT2D eigenvalue weighted by Gasteiger charge is -2.30. The fourth-order valence-corrected chi connectivity index (χ4v) is 8.14. The van der Waals surface area contributed by atoms with E-state index in [1.807, 2.05) is 33.3 Å². The van der Waals surface area contributed by atoms with Crippen LogP contribution in [0.25, 0.3) is 0 Å². The largest absolute Gasteiger partial charge is 0.756 e. The lowest BCUT2D eigenvalue weighted by molar-refractivity contribution is -0.870. The Morgan fingerprint density at radius 3 is 1.50 bits per heavy atom. The molecule has 0 saturated heterocycles. The molecular weight excluding hydrogens is 820 g/mol. The molecule has 0 rings (SSSR count). The summed E-state index contributed by atoms with van der Waals surface area (Å²) in [6.07, 6.45) is 52.1. The van der Waals surface area contributed by atoms with Crippen molar-refractivity contribution < 1.29 is 37.3 Å². The Labute approximate surface area is 395 Å². The number of likely N-dealkylation sites (N-methyl/N-ethyl adjacent to an activating group) is 1. The first kappa shape index (κ1) is 62.0. The molecule has 0 bridgehead atoms. The average Bonchev–Trinajstić information content (AvgIpc) is 3.25. The normalized spacial score (nSPS) is 14.3. The zero-order valence-electron chi connectivity index (χ0n) is 42.5. The average molecular weight is 921 g/mol. The molecule has 0 aromatic rings. The van der Waals surface area contributed by atoms with Gasteiger partial charge >= 0.3 is 5.97 Å². The second kappa shape index (κ2) is 44.8. The number of nitrogens with zero attached hydrogens (tertiary/aromatic N) is 1. The van der Waals surface area contributed by atoms with Gasteiger partial charge in [0, 0.05) is 12.8 Å². The molecule has 0 aliphatic heterocycles. The van der Waals surface area contributed by atoms with Crippen molar-refractivity contribution >= 4 is 19.7 Å². The van der Waals surface area contributed by atoms with E-state index >= 15 is 0 Å². The van der Waals surface area contributed by atoms with Crippen molar-refractivity contribution in [2.24, 2.45) is 0 Å². The summed E-state index contributed by atoms with van der Waals surface area (Å²) in [6.45, 7) is 6.70. The SMILES string of the molecule is CC/C=C/C/C=C/C/C=C/CCCCCCC(=O)OC(/C=C/CCCCCCCCCCCCC)C(COP(=O)([O-])OCC[N+](C)(C)C)NC(=O)CCCCCCCCCCCCC. The van der Waals surface area contributed by atoms with Gasteiger partial charge in [-0.05, 0) is 63.9 Å². The number of esters is 1. The summed E-state index contributed by atoms with van der Waals surface area (Å²) >= 11 is 0. The van der Waals surface area contributed by atoms with E-state index in [4.69, 9.17) is 13.8 Å². The molecular formula is C54H101N2O7P. The van der Waals surface area contributed by atoms with Gasteiger partial charge in [-0.2, -0.15) is 0 Å². The lowest BCUT2D eigenvalue weighted by atomic mass is 10.0.